The molecule has 0 bridgehead atoms. The summed E-state index contributed by atoms with van der Waals surface area (Å²) in [6.07, 6.45) is 26.1. The van der Waals surface area contributed by atoms with Gasteiger partial charge in [0.1, 0.15) is 0 Å². The fourth-order valence-corrected chi connectivity index (χ4v) is 4.03. The molecule has 0 radical (unpaired) electrons. The molecule has 0 amide bonds. The molecule has 216 valence electrons. The van der Waals surface area contributed by atoms with Crippen LogP contribution in [-0.4, -0.2) is 37.1 Å². The van der Waals surface area contributed by atoms with Gasteiger partial charge in [-0.3, -0.25) is 0 Å². The van der Waals surface area contributed by atoms with Crippen LogP contribution in [0.25, 0.3) is 0 Å². The Morgan fingerprint density at radius 2 is 0.684 bits per heavy atom. The Morgan fingerprint density at radius 3 is 0.895 bits per heavy atom. The third-order valence-corrected chi connectivity index (χ3v) is 6.67. The summed E-state index contributed by atoms with van der Waals surface area (Å²) in [5, 5.41) is 26.8. The summed E-state index contributed by atoms with van der Waals surface area (Å²) in [4.78, 5) is 20.9. The Hall–Kier alpha value is 0.860. The van der Waals surface area contributed by atoms with E-state index in [9.17, 15) is 19.8 Å². The zero-order valence-electron chi connectivity index (χ0n) is 26.3. The summed E-state index contributed by atoms with van der Waals surface area (Å²) < 4.78 is 0. The summed E-state index contributed by atoms with van der Waals surface area (Å²) in [6, 6.07) is -1.05. The molecule has 6 nitrogen and oxygen atoms in total. The first-order valence-corrected chi connectivity index (χ1v) is 15.2. The number of hydrogen-bond acceptors (Lipinski definition) is 6. The Kier molecular flexibility index (Phi) is 45.7. The van der Waals surface area contributed by atoms with E-state index in [1.54, 1.807) is 13.8 Å². The predicted octanol–water partition coefficient (Wildman–Crippen LogP) is -0.721. The second-order valence-electron chi connectivity index (χ2n) is 10.4. The van der Waals surface area contributed by atoms with Gasteiger partial charge in [-0.2, -0.15) is 0 Å². The first-order chi connectivity index (χ1) is 17.4. The quantitative estimate of drug-likeness (QED) is 0.107. The van der Waals surface area contributed by atoms with Crippen LogP contribution in [0, 0.1) is 0 Å². The van der Waals surface area contributed by atoms with E-state index in [2.05, 4.69) is 24.5 Å². The van der Waals surface area contributed by atoms with Crippen molar-refractivity contribution in [3.63, 3.8) is 0 Å². The van der Waals surface area contributed by atoms with Gasteiger partial charge in [0.25, 0.3) is 0 Å². The van der Waals surface area contributed by atoms with E-state index in [0.717, 1.165) is 25.9 Å². The van der Waals surface area contributed by atoms with Gasteiger partial charge in [0.05, 0.1) is 11.9 Å². The molecule has 0 aliphatic carbocycles. The van der Waals surface area contributed by atoms with Crippen LogP contribution in [0.5, 0.6) is 0 Å². The van der Waals surface area contributed by atoms with Gasteiger partial charge >= 0.3 is 59.1 Å². The van der Waals surface area contributed by atoms with E-state index in [-0.39, 0.29) is 59.1 Å². The first-order valence-electron chi connectivity index (χ1n) is 15.2. The molecule has 0 aliphatic heterocycles. The second-order valence-corrected chi connectivity index (χ2v) is 10.4. The number of carbonyl (C=O) groups is 2. The predicted molar refractivity (Wildman–Crippen MR) is 149 cm³/mol. The number of hydrogen-bond donors (Lipinski definition) is 2. The Morgan fingerprint density at radius 1 is 0.474 bits per heavy atom. The molecule has 0 saturated carbocycles. The molecular weight excluding hydrogens is 498 g/mol. The minimum atomic E-state index is -1.01. The van der Waals surface area contributed by atoms with Crippen molar-refractivity contribution in [2.45, 2.75) is 168 Å². The minimum absolute atomic E-state index is 0. The Bertz CT molecular complexity index is 443. The third-order valence-electron chi connectivity index (χ3n) is 6.67. The zero-order chi connectivity index (χ0) is 27.3. The largest absolute Gasteiger partial charge is 1.00 e. The van der Waals surface area contributed by atoms with E-state index in [1.807, 2.05) is 0 Å². The standard InChI is InChI=1S/2C15H31NO2.2Na/c2*1-3-4-5-6-7-8-9-10-11-12-13-16-14(2)15(17)18;;/h2*14,16H,3-13H2,1-2H3,(H,17,18);;/q;;2*+1/p-2. The third kappa shape index (κ3) is 39.0. The molecule has 2 unspecified atom stereocenters. The number of unbranched alkanes of at least 4 members (excludes halogenated alkanes) is 18. The van der Waals surface area contributed by atoms with Crippen molar-refractivity contribution in [3.8, 4) is 0 Å². The number of carboxylic acids is 2. The van der Waals surface area contributed by atoms with Crippen LogP contribution in [-0.2, 0) is 9.59 Å². The number of carboxylic acid groups (broad SMARTS) is 2. The molecule has 0 aromatic heterocycles. The number of carbonyl (C=O) groups excluding carboxylic acids is 2. The SMILES string of the molecule is CCCCCCCCCCCCNC(C)C(=O)[O-].CCCCCCCCCCCCNC(C)C(=O)[O-].[Na+].[Na+]. The van der Waals surface area contributed by atoms with Crippen LogP contribution in [0.2, 0.25) is 0 Å². The molecule has 0 aromatic rings. The second kappa shape index (κ2) is 37.9. The van der Waals surface area contributed by atoms with Gasteiger partial charge in [-0.05, 0) is 39.8 Å². The molecular formula is C30H60N2Na2O4. The van der Waals surface area contributed by atoms with E-state index < -0.39 is 24.0 Å². The van der Waals surface area contributed by atoms with Gasteiger partial charge in [-0.1, -0.05) is 129 Å². The van der Waals surface area contributed by atoms with Gasteiger partial charge in [-0.25, -0.2) is 0 Å². The molecule has 0 fully saturated rings. The van der Waals surface area contributed by atoms with Crippen LogP contribution >= 0.6 is 0 Å². The molecule has 0 saturated heterocycles. The van der Waals surface area contributed by atoms with Gasteiger partial charge in [-0.15, -0.1) is 0 Å². The van der Waals surface area contributed by atoms with Gasteiger partial charge in [0.15, 0.2) is 0 Å². The maximum atomic E-state index is 10.4. The number of aliphatic carboxylic acids is 2. The molecule has 0 aliphatic rings. The number of rotatable bonds is 26. The average Bonchev–Trinajstić information content (AvgIpc) is 2.85. The van der Waals surface area contributed by atoms with E-state index >= 15 is 0 Å². The fraction of sp³-hybridized carbons (Fsp3) is 0.933. The molecule has 0 heterocycles. The average molecular weight is 559 g/mol. The van der Waals surface area contributed by atoms with Crippen LogP contribution in [0.1, 0.15) is 156 Å². The van der Waals surface area contributed by atoms with Crippen molar-refractivity contribution >= 4 is 11.9 Å². The topological polar surface area (TPSA) is 104 Å². The van der Waals surface area contributed by atoms with Gasteiger partial charge in [0, 0.05) is 12.1 Å². The summed E-state index contributed by atoms with van der Waals surface area (Å²) in [6.45, 7) is 9.32. The maximum Gasteiger partial charge on any atom is 1.00 e. The Labute approximate surface area is 280 Å². The smallest absolute Gasteiger partial charge is 0.548 e. The van der Waals surface area contributed by atoms with Crippen molar-refractivity contribution < 1.29 is 78.9 Å². The van der Waals surface area contributed by atoms with E-state index in [0.29, 0.717) is 0 Å². The van der Waals surface area contributed by atoms with Crippen molar-refractivity contribution in [1.29, 1.82) is 0 Å². The molecule has 0 spiro atoms. The molecule has 0 aromatic carbocycles. The molecule has 0 rings (SSSR count). The zero-order valence-corrected chi connectivity index (χ0v) is 30.3. The summed E-state index contributed by atoms with van der Waals surface area (Å²) >= 11 is 0. The maximum absolute atomic E-state index is 10.4. The van der Waals surface area contributed by atoms with E-state index in [1.165, 1.54) is 116 Å². The molecule has 38 heavy (non-hydrogen) atoms. The van der Waals surface area contributed by atoms with Crippen LogP contribution in [0.4, 0.5) is 0 Å². The molecule has 2 atom stereocenters. The first kappa shape index (κ1) is 45.8. The minimum Gasteiger partial charge on any atom is -0.548 e. The number of nitrogens with one attached hydrogen (secondary N) is 2. The van der Waals surface area contributed by atoms with Crippen molar-refractivity contribution in [2.75, 3.05) is 13.1 Å². The van der Waals surface area contributed by atoms with Crippen molar-refractivity contribution in [2.24, 2.45) is 0 Å². The van der Waals surface area contributed by atoms with Gasteiger partial charge in [0.2, 0.25) is 0 Å². The summed E-state index contributed by atoms with van der Waals surface area (Å²) in [5.41, 5.74) is 0. The molecule has 8 heteroatoms. The van der Waals surface area contributed by atoms with E-state index in [4.69, 9.17) is 0 Å². The summed E-state index contributed by atoms with van der Waals surface area (Å²) in [7, 11) is 0. The molecule has 2 N–H and O–H groups in total. The normalized spacial score (nSPS) is 11.9. The van der Waals surface area contributed by atoms with Gasteiger partial charge < -0.3 is 30.4 Å². The van der Waals surface area contributed by atoms with Crippen LogP contribution < -0.4 is 80.0 Å². The van der Waals surface area contributed by atoms with Crippen LogP contribution in [0.15, 0.2) is 0 Å². The fourth-order valence-electron chi connectivity index (χ4n) is 4.03. The monoisotopic (exact) mass is 558 g/mol. The van der Waals surface area contributed by atoms with Crippen molar-refractivity contribution in [3.05, 3.63) is 0 Å². The Balaban J connectivity index is -0.000000289. The summed E-state index contributed by atoms with van der Waals surface area (Å²) in [5.74, 6) is -2.02. The van der Waals surface area contributed by atoms with Crippen molar-refractivity contribution in [1.82, 2.24) is 10.6 Å². The van der Waals surface area contributed by atoms with Crippen LogP contribution in [0.3, 0.4) is 0 Å².